The second kappa shape index (κ2) is 5.12. The highest BCUT2D eigenvalue weighted by molar-refractivity contribution is 6.32. The highest BCUT2D eigenvalue weighted by Crippen LogP contribution is 2.26. The van der Waals surface area contributed by atoms with Crippen LogP contribution in [-0.4, -0.2) is 22.9 Å². The Labute approximate surface area is 105 Å². The van der Waals surface area contributed by atoms with Crippen molar-refractivity contribution < 1.29 is 9.94 Å². The van der Waals surface area contributed by atoms with E-state index in [1.54, 1.807) is 30.5 Å². The van der Waals surface area contributed by atoms with E-state index < -0.39 is 0 Å². The van der Waals surface area contributed by atoms with E-state index in [2.05, 4.69) is 0 Å². The number of ether oxygens (including phenoxy) is 1. The molecule has 1 atom stereocenters. The van der Waals surface area contributed by atoms with Gasteiger partial charge in [-0.2, -0.15) is 0 Å². The first kappa shape index (κ1) is 11.8. The first-order valence-corrected chi connectivity index (χ1v) is 5.54. The van der Waals surface area contributed by atoms with Gasteiger partial charge < -0.3 is 10.5 Å². The minimum Gasteiger partial charge on any atom is -0.489 e. The molecule has 3 N–H and O–H groups in total. The van der Waals surface area contributed by atoms with E-state index in [0.717, 1.165) is 5.06 Å². The molecule has 0 saturated heterocycles. The highest BCUT2D eigenvalue weighted by Gasteiger charge is 2.14. The molecule has 0 fully saturated rings. The molecule has 1 unspecified atom stereocenters. The van der Waals surface area contributed by atoms with Crippen LogP contribution in [0.3, 0.4) is 0 Å². The number of rotatable bonds is 3. The molecule has 17 heavy (non-hydrogen) atoms. The average Bonchev–Trinajstić information content (AvgIpc) is 2.30. The maximum absolute atomic E-state index is 9.52. The molecule has 0 radical (unpaired) electrons. The summed E-state index contributed by atoms with van der Waals surface area (Å²) in [5, 5.41) is 11.1. The number of benzene rings is 1. The average molecular weight is 253 g/mol. The van der Waals surface area contributed by atoms with Gasteiger partial charge in [0.15, 0.2) is 0 Å². The Bertz CT molecular complexity index is 460. The minimum atomic E-state index is -0.214. The lowest BCUT2D eigenvalue weighted by atomic mass is 10.2. The van der Waals surface area contributed by atoms with Crippen LogP contribution in [0.5, 0.6) is 5.75 Å². The van der Waals surface area contributed by atoms with Gasteiger partial charge in [-0.05, 0) is 24.3 Å². The van der Waals surface area contributed by atoms with Crippen molar-refractivity contribution in [2.75, 3.05) is 12.3 Å². The van der Waals surface area contributed by atoms with Gasteiger partial charge in [-0.15, -0.1) is 0 Å². The number of hydrogen-bond acceptors (Lipinski definition) is 4. The van der Waals surface area contributed by atoms with Gasteiger partial charge in [-0.25, -0.2) is 0 Å². The number of allylic oxidation sites excluding steroid dienone is 2. The van der Waals surface area contributed by atoms with E-state index in [0.29, 0.717) is 23.1 Å². The lowest BCUT2D eigenvalue weighted by molar-refractivity contribution is -0.0755. The zero-order chi connectivity index (χ0) is 12.3. The summed E-state index contributed by atoms with van der Waals surface area (Å²) in [6.45, 7) is 0.307. The fourth-order valence-electron chi connectivity index (χ4n) is 1.47. The van der Waals surface area contributed by atoms with Crippen LogP contribution < -0.4 is 10.5 Å². The molecule has 4 nitrogen and oxygen atoms in total. The van der Waals surface area contributed by atoms with Gasteiger partial charge in [-0.3, -0.25) is 10.3 Å². The van der Waals surface area contributed by atoms with Crippen molar-refractivity contribution in [1.82, 2.24) is 5.06 Å². The van der Waals surface area contributed by atoms with Gasteiger partial charge in [0.2, 0.25) is 0 Å². The third-order valence-electron chi connectivity index (χ3n) is 2.39. The molecule has 1 aliphatic rings. The highest BCUT2D eigenvalue weighted by atomic mass is 35.5. The topological polar surface area (TPSA) is 58.7 Å². The molecule has 0 aromatic heterocycles. The zero-order valence-electron chi connectivity index (χ0n) is 9.08. The third kappa shape index (κ3) is 2.93. The molecule has 5 heteroatoms. The lowest BCUT2D eigenvalue weighted by Gasteiger charge is -2.24. The summed E-state index contributed by atoms with van der Waals surface area (Å²) >= 11 is 5.97. The first-order chi connectivity index (χ1) is 8.16. The van der Waals surface area contributed by atoms with Crippen molar-refractivity contribution in [2.45, 2.75) is 6.04 Å². The second-order valence-corrected chi connectivity index (χ2v) is 4.08. The van der Waals surface area contributed by atoms with E-state index in [-0.39, 0.29) is 6.04 Å². The molecule has 0 bridgehead atoms. The number of halogens is 1. The maximum atomic E-state index is 9.52. The monoisotopic (exact) mass is 252 g/mol. The Kier molecular flexibility index (Phi) is 3.56. The van der Waals surface area contributed by atoms with Crippen molar-refractivity contribution >= 4 is 17.3 Å². The molecule has 0 aliphatic carbocycles. The van der Waals surface area contributed by atoms with Crippen molar-refractivity contribution in [3.8, 4) is 5.75 Å². The Morgan fingerprint density at radius 3 is 2.94 bits per heavy atom. The molecule has 1 heterocycles. The van der Waals surface area contributed by atoms with Gasteiger partial charge in [-0.1, -0.05) is 23.8 Å². The second-order valence-electron chi connectivity index (χ2n) is 3.67. The summed E-state index contributed by atoms with van der Waals surface area (Å²) in [5.74, 6) is 0.553. The molecule has 1 aromatic carbocycles. The van der Waals surface area contributed by atoms with Crippen LogP contribution in [0, 0.1) is 0 Å². The van der Waals surface area contributed by atoms with Gasteiger partial charge in [0.25, 0.3) is 0 Å². The molecule has 2 rings (SSSR count). The number of anilines is 1. The fourth-order valence-corrected chi connectivity index (χ4v) is 1.71. The number of nitrogen functional groups attached to an aromatic ring is 1. The summed E-state index contributed by atoms with van der Waals surface area (Å²) < 4.78 is 5.53. The summed E-state index contributed by atoms with van der Waals surface area (Å²) in [4.78, 5) is 0. The van der Waals surface area contributed by atoms with Crippen molar-refractivity contribution in [2.24, 2.45) is 0 Å². The Balaban J connectivity index is 1.98. The van der Waals surface area contributed by atoms with Crippen LogP contribution in [-0.2, 0) is 0 Å². The molecule has 1 aromatic rings. The first-order valence-electron chi connectivity index (χ1n) is 5.17. The standard InChI is InChI=1S/C12H13ClN2O2/c13-11-7-9(14)4-5-12(11)17-8-10-3-1-2-6-15(10)16/h1-7,10,16H,8,14H2. The smallest absolute Gasteiger partial charge is 0.138 e. The molecule has 90 valence electrons. The van der Waals surface area contributed by atoms with E-state index in [4.69, 9.17) is 22.1 Å². The van der Waals surface area contributed by atoms with Crippen LogP contribution >= 0.6 is 11.6 Å². The quantitative estimate of drug-likeness (QED) is 0.812. The SMILES string of the molecule is Nc1ccc(OCC2C=CC=CN2O)c(Cl)c1. The zero-order valence-corrected chi connectivity index (χ0v) is 9.84. The number of nitrogens with two attached hydrogens (primary N) is 1. The van der Waals surface area contributed by atoms with Crippen LogP contribution in [0.2, 0.25) is 5.02 Å². The Morgan fingerprint density at radius 1 is 1.41 bits per heavy atom. The van der Waals surface area contributed by atoms with Gasteiger partial charge >= 0.3 is 0 Å². The summed E-state index contributed by atoms with van der Waals surface area (Å²) in [5.41, 5.74) is 6.17. The number of hydroxylamine groups is 2. The van der Waals surface area contributed by atoms with E-state index in [9.17, 15) is 5.21 Å². The number of hydrogen-bond donors (Lipinski definition) is 2. The Morgan fingerprint density at radius 2 is 2.24 bits per heavy atom. The summed E-state index contributed by atoms with van der Waals surface area (Å²) in [6, 6.07) is 4.84. The van der Waals surface area contributed by atoms with E-state index >= 15 is 0 Å². The van der Waals surface area contributed by atoms with Gasteiger partial charge in [0.1, 0.15) is 18.4 Å². The third-order valence-corrected chi connectivity index (χ3v) is 2.68. The number of nitrogens with zero attached hydrogens (tertiary/aromatic N) is 1. The molecule has 1 aliphatic heterocycles. The molecule has 0 spiro atoms. The summed E-state index contributed by atoms with van der Waals surface area (Å²) in [7, 11) is 0. The van der Waals surface area contributed by atoms with Crippen molar-refractivity contribution in [3.05, 3.63) is 47.6 Å². The van der Waals surface area contributed by atoms with Crippen LogP contribution in [0.1, 0.15) is 0 Å². The largest absolute Gasteiger partial charge is 0.489 e. The summed E-state index contributed by atoms with van der Waals surface area (Å²) in [6.07, 6.45) is 7.00. The van der Waals surface area contributed by atoms with Crippen LogP contribution in [0.4, 0.5) is 5.69 Å². The van der Waals surface area contributed by atoms with Crippen LogP contribution in [0.15, 0.2) is 42.6 Å². The molecule has 0 saturated carbocycles. The fraction of sp³-hybridized carbons (Fsp3) is 0.167. The van der Waals surface area contributed by atoms with Crippen molar-refractivity contribution in [1.29, 1.82) is 0 Å². The normalized spacial score (nSPS) is 18.5. The van der Waals surface area contributed by atoms with E-state index in [1.807, 2.05) is 12.2 Å². The van der Waals surface area contributed by atoms with Crippen LogP contribution in [0.25, 0.3) is 0 Å². The van der Waals surface area contributed by atoms with E-state index in [1.165, 1.54) is 0 Å². The predicted molar refractivity (Wildman–Crippen MR) is 67.1 cm³/mol. The Hall–Kier alpha value is -1.65. The molecular formula is C12H13ClN2O2. The van der Waals surface area contributed by atoms with Gasteiger partial charge in [0.05, 0.1) is 5.02 Å². The van der Waals surface area contributed by atoms with Crippen molar-refractivity contribution in [3.63, 3.8) is 0 Å². The molecular weight excluding hydrogens is 240 g/mol. The minimum absolute atomic E-state index is 0.214. The lowest BCUT2D eigenvalue weighted by Crippen LogP contribution is -2.32. The van der Waals surface area contributed by atoms with Gasteiger partial charge in [0, 0.05) is 11.9 Å². The molecule has 0 amide bonds. The predicted octanol–water partition coefficient (Wildman–Crippen LogP) is 2.44. The maximum Gasteiger partial charge on any atom is 0.138 e.